The number of aryl methyl sites for hydroxylation is 2. The molecule has 4 rings (SSSR count). The summed E-state index contributed by atoms with van der Waals surface area (Å²) in [6.07, 6.45) is 1.07. The lowest BCUT2D eigenvalue weighted by Gasteiger charge is -2.09. The molecule has 0 bridgehead atoms. The van der Waals surface area contributed by atoms with Crippen LogP contribution >= 0.6 is 0 Å². The normalized spacial score (nSPS) is 12.0. The molecule has 0 aliphatic carbocycles. The summed E-state index contributed by atoms with van der Waals surface area (Å²) in [7, 11) is 0. The average molecular weight is 429 g/mol. The van der Waals surface area contributed by atoms with Gasteiger partial charge in [0.05, 0.1) is 0 Å². The van der Waals surface area contributed by atoms with Crippen molar-refractivity contribution in [1.82, 2.24) is 4.98 Å². The number of ether oxygens (including phenoxy) is 1. The molecular formula is C27H28N2O3. The van der Waals surface area contributed by atoms with Crippen LogP contribution in [-0.4, -0.2) is 17.5 Å². The fourth-order valence-corrected chi connectivity index (χ4v) is 3.70. The molecule has 1 N–H and O–H groups in total. The number of benzene rings is 3. The molecule has 164 valence electrons. The van der Waals surface area contributed by atoms with E-state index in [0.29, 0.717) is 23.2 Å². The van der Waals surface area contributed by atoms with Crippen LogP contribution in [0.2, 0.25) is 0 Å². The van der Waals surface area contributed by atoms with Crippen LogP contribution in [0, 0.1) is 13.8 Å². The Bertz CT molecular complexity index is 1240. The Hall–Kier alpha value is -3.60. The second-order valence-electron chi connectivity index (χ2n) is 8.30. The summed E-state index contributed by atoms with van der Waals surface area (Å²) in [5.74, 6) is 1.47. The topological polar surface area (TPSA) is 64.4 Å². The summed E-state index contributed by atoms with van der Waals surface area (Å²) in [4.78, 5) is 17.1. The number of hydrogen-bond donors (Lipinski definition) is 1. The highest BCUT2D eigenvalue weighted by Crippen LogP contribution is 2.29. The molecule has 0 radical (unpaired) electrons. The summed E-state index contributed by atoms with van der Waals surface area (Å²) in [6.45, 7) is 8.33. The molecule has 0 aliphatic heterocycles. The van der Waals surface area contributed by atoms with Gasteiger partial charge in [-0.3, -0.25) is 4.79 Å². The molecule has 0 saturated heterocycles. The van der Waals surface area contributed by atoms with E-state index in [2.05, 4.69) is 42.3 Å². The maximum absolute atomic E-state index is 12.4. The van der Waals surface area contributed by atoms with Crippen LogP contribution in [0.1, 0.15) is 42.9 Å². The summed E-state index contributed by atoms with van der Waals surface area (Å²) in [5.41, 5.74) is 6.52. The summed E-state index contributed by atoms with van der Waals surface area (Å²) >= 11 is 0. The first-order valence-electron chi connectivity index (χ1n) is 10.9. The number of amides is 1. The second kappa shape index (κ2) is 9.27. The van der Waals surface area contributed by atoms with Crippen molar-refractivity contribution in [3.05, 3.63) is 77.4 Å². The smallest absolute Gasteiger partial charge is 0.262 e. The van der Waals surface area contributed by atoms with Gasteiger partial charge in [0, 0.05) is 11.3 Å². The van der Waals surface area contributed by atoms with Gasteiger partial charge in [0.1, 0.15) is 11.3 Å². The van der Waals surface area contributed by atoms with Gasteiger partial charge in [0.15, 0.2) is 12.2 Å². The van der Waals surface area contributed by atoms with Crippen LogP contribution in [-0.2, 0) is 4.79 Å². The van der Waals surface area contributed by atoms with E-state index in [1.54, 1.807) is 0 Å². The number of anilines is 1. The van der Waals surface area contributed by atoms with E-state index in [-0.39, 0.29) is 12.5 Å². The van der Waals surface area contributed by atoms with Crippen molar-refractivity contribution in [3.63, 3.8) is 0 Å². The van der Waals surface area contributed by atoms with Crippen molar-refractivity contribution in [2.45, 2.75) is 40.0 Å². The third kappa shape index (κ3) is 4.99. The molecule has 0 saturated carbocycles. The number of nitrogens with zero attached hydrogens (tertiary/aromatic N) is 1. The minimum Gasteiger partial charge on any atom is -0.484 e. The summed E-state index contributed by atoms with van der Waals surface area (Å²) in [5, 5.41) is 2.88. The number of hydrogen-bond acceptors (Lipinski definition) is 4. The number of rotatable bonds is 7. The quantitative estimate of drug-likeness (QED) is 0.358. The predicted molar refractivity (Wildman–Crippen MR) is 128 cm³/mol. The number of fused-ring (bicyclic) bond motifs is 1. The molecule has 5 heteroatoms. The zero-order chi connectivity index (χ0) is 22.7. The van der Waals surface area contributed by atoms with Gasteiger partial charge < -0.3 is 14.5 Å². The van der Waals surface area contributed by atoms with Crippen LogP contribution in [0.5, 0.6) is 5.75 Å². The fourth-order valence-electron chi connectivity index (χ4n) is 3.70. The highest BCUT2D eigenvalue weighted by Gasteiger charge is 2.12. The van der Waals surface area contributed by atoms with Gasteiger partial charge in [-0.25, -0.2) is 4.98 Å². The summed E-state index contributed by atoms with van der Waals surface area (Å²) in [6, 6.07) is 19.5. The molecule has 0 unspecified atom stereocenters. The van der Waals surface area contributed by atoms with Gasteiger partial charge in [0.25, 0.3) is 5.91 Å². The van der Waals surface area contributed by atoms with Crippen molar-refractivity contribution in [2.24, 2.45) is 0 Å². The van der Waals surface area contributed by atoms with E-state index in [4.69, 9.17) is 9.15 Å². The molecule has 0 aliphatic rings. The molecule has 0 fully saturated rings. The largest absolute Gasteiger partial charge is 0.484 e. The maximum atomic E-state index is 12.4. The minimum absolute atomic E-state index is 0.0611. The van der Waals surface area contributed by atoms with Gasteiger partial charge in [-0.15, -0.1) is 0 Å². The van der Waals surface area contributed by atoms with E-state index >= 15 is 0 Å². The number of carbonyl (C=O) groups is 1. The lowest BCUT2D eigenvalue weighted by atomic mass is 9.98. The Morgan fingerprint density at radius 2 is 1.84 bits per heavy atom. The van der Waals surface area contributed by atoms with Gasteiger partial charge in [-0.1, -0.05) is 32.0 Å². The van der Waals surface area contributed by atoms with E-state index in [1.165, 1.54) is 5.56 Å². The Balaban J connectivity index is 1.46. The highest BCUT2D eigenvalue weighted by molar-refractivity contribution is 5.92. The van der Waals surface area contributed by atoms with Crippen LogP contribution in [0.3, 0.4) is 0 Å². The van der Waals surface area contributed by atoms with Crippen molar-refractivity contribution in [2.75, 3.05) is 11.9 Å². The molecular weight excluding hydrogens is 400 g/mol. The first-order valence-corrected chi connectivity index (χ1v) is 10.9. The lowest BCUT2D eigenvalue weighted by molar-refractivity contribution is -0.118. The molecule has 3 aromatic carbocycles. The van der Waals surface area contributed by atoms with Crippen molar-refractivity contribution in [3.8, 4) is 17.2 Å². The van der Waals surface area contributed by atoms with E-state index in [9.17, 15) is 4.79 Å². The fraction of sp³-hybridized carbons (Fsp3) is 0.259. The van der Waals surface area contributed by atoms with Crippen LogP contribution in [0.25, 0.3) is 22.6 Å². The minimum atomic E-state index is -0.225. The SMILES string of the molecule is CC[C@H](C)c1ccc2oc(-c3cccc(NC(=O)COc4cc(C)cc(C)c4)c3)nc2c1. The van der Waals surface area contributed by atoms with E-state index < -0.39 is 0 Å². The molecule has 5 nitrogen and oxygen atoms in total. The molecule has 1 aromatic heterocycles. The van der Waals surface area contributed by atoms with Crippen LogP contribution < -0.4 is 10.1 Å². The van der Waals surface area contributed by atoms with Crippen molar-refractivity contribution < 1.29 is 13.9 Å². The van der Waals surface area contributed by atoms with Crippen LogP contribution in [0.4, 0.5) is 5.69 Å². The van der Waals surface area contributed by atoms with E-state index in [1.807, 2.05) is 56.3 Å². The molecule has 1 heterocycles. The van der Waals surface area contributed by atoms with Gasteiger partial charge in [-0.05, 0) is 85.3 Å². The number of aromatic nitrogens is 1. The zero-order valence-electron chi connectivity index (χ0n) is 18.9. The monoisotopic (exact) mass is 428 g/mol. The zero-order valence-corrected chi connectivity index (χ0v) is 18.9. The number of nitrogens with one attached hydrogen (secondary N) is 1. The Labute approximate surface area is 188 Å². The van der Waals surface area contributed by atoms with Gasteiger partial charge >= 0.3 is 0 Å². The lowest BCUT2D eigenvalue weighted by Crippen LogP contribution is -2.20. The van der Waals surface area contributed by atoms with Crippen molar-refractivity contribution in [1.29, 1.82) is 0 Å². The van der Waals surface area contributed by atoms with E-state index in [0.717, 1.165) is 34.2 Å². The first-order chi connectivity index (χ1) is 15.4. The molecule has 0 spiro atoms. The Kier molecular flexibility index (Phi) is 6.26. The predicted octanol–water partition coefficient (Wildman–Crippen LogP) is 6.64. The third-order valence-electron chi connectivity index (χ3n) is 5.55. The third-order valence-corrected chi connectivity index (χ3v) is 5.55. The molecule has 1 amide bonds. The summed E-state index contributed by atoms with van der Waals surface area (Å²) < 4.78 is 11.6. The number of carbonyl (C=O) groups excluding carboxylic acids is 1. The second-order valence-corrected chi connectivity index (χ2v) is 8.30. The molecule has 32 heavy (non-hydrogen) atoms. The standard InChI is InChI=1S/C27H28N2O3/c1-5-19(4)20-9-10-25-24(15-20)29-27(32-25)21-7-6-8-22(14-21)28-26(30)16-31-23-12-17(2)11-18(3)13-23/h6-15,19H,5,16H2,1-4H3,(H,28,30)/t19-/m0/s1. The van der Waals surface area contributed by atoms with Crippen LogP contribution in [0.15, 0.2) is 65.1 Å². The highest BCUT2D eigenvalue weighted by atomic mass is 16.5. The van der Waals surface area contributed by atoms with Gasteiger partial charge in [0.2, 0.25) is 5.89 Å². The molecule has 4 aromatic rings. The van der Waals surface area contributed by atoms with Gasteiger partial charge in [-0.2, -0.15) is 0 Å². The molecule has 1 atom stereocenters. The number of oxazole rings is 1. The Morgan fingerprint density at radius 1 is 1.06 bits per heavy atom. The van der Waals surface area contributed by atoms with Crippen molar-refractivity contribution >= 4 is 22.7 Å². The average Bonchev–Trinajstić information content (AvgIpc) is 3.20. The maximum Gasteiger partial charge on any atom is 0.262 e. The first kappa shape index (κ1) is 21.6. The Morgan fingerprint density at radius 3 is 2.59 bits per heavy atom.